The lowest BCUT2D eigenvalue weighted by Gasteiger charge is -2.30. The van der Waals surface area contributed by atoms with E-state index in [9.17, 15) is 4.79 Å². The van der Waals surface area contributed by atoms with Crippen molar-refractivity contribution in [1.29, 1.82) is 0 Å². The van der Waals surface area contributed by atoms with Gasteiger partial charge < -0.3 is 19.1 Å². The largest absolute Gasteiger partial charge is 0.497 e. The SMILES string of the molecule is COc1ccc(CN(C(=O)CCc2ccc(OC)c(OC)c2)C(C)C2CC2)cc1. The third-order valence-electron chi connectivity index (χ3n) is 5.70. The molecule has 0 aromatic heterocycles. The van der Waals surface area contributed by atoms with E-state index in [0.717, 1.165) is 16.9 Å². The van der Waals surface area contributed by atoms with E-state index in [0.29, 0.717) is 36.8 Å². The van der Waals surface area contributed by atoms with E-state index in [-0.39, 0.29) is 11.9 Å². The zero-order valence-corrected chi connectivity index (χ0v) is 17.8. The molecule has 0 N–H and O–H groups in total. The van der Waals surface area contributed by atoms with Gasteiger partial charge in [-0.1, -0.05) is 18.2 Å². The van der Waals surface area contributed by atoms with Crippen molar-refractivity contribution in [2.24, 2.45) is 5.92 Å². The average Bonchev–Trinajstić information content (AvgIpc) is 3.61. The molecular weight excluding hydrogens is 366 g/mol. The summed E-state index contributed by atoms with van der Waals surface area (Å²) in [5.41, 5.74) is 2.19. The first-order valence-corrected chi connectivity index (χ1v) is 10.2. The zero-order chi connectivity index (χ0) is 20.8. The van der Waals surface area contributed by atoms with Gasteiger partial charge in [-0.3, -0.25) is 4.79 Å². The van der Waals surface area contributed by atoms with Gasteiger partial charge in [0.1, 0.15) is 5.75 Å². The van der Waals surface area contributed by atoms with Crippen molar-refractivity contribution in [2.75, 3.05) is 21.3 Å². The Morgan fingerprint density at radius 2 is 1.62 bits per heavy atom. The van der Waals surface area contributed by atoms with Crippen molar-refractivity contribution in [3.8, 4) is 17.2 Å². The quantitative estimate of drug-likeness (QED) is 0.593. The number of aryl methyl sites for hydroxylation is 1. The van der Waals surface area contributed by atoms with Crippen molar-refractivity contribution in [2.45, 2.75) is 45.2 Å². The summed E-state index contributed by atoms with van der Waals surface area (Å²) in [6.07, 6.45) is 3.57. The molecule has 1 saturated carbocycles. The predicted octanol–water partition coefficient (Wildman–Crippen LogP) is 4.47. The highest BCUT2D eigenvalue weighted by Gasteiger charge is 2.34. The minimum Gasteiger partial charge on any atom is -0.497 e. The molecule has 5 heteroatoms. The smallest absolute Gasteiger partial charge is 0.223 e. The number of carbonyl (C=O) groups excluding carboxylic acids is 1. The molecule has 5 nitrogen and oxygen atoms in total. The van der Waals surface area contributed by atoms with Crippen LogP contribution in [-0.2, 0) is 17.8 Å². The molecule has 0 heterocycles. The Kier molecular flexibility index (Phi) is 7.02. The molecule has 1 atom stereocenters. The summed E-state index contributed by atoms with van der Waals surface area (Å²) in [6, 6.07) is 14.1. The summed E-state index contributed by atoms with van der Waals surface area (Å²) in [5, 5.41) is 0. The van der Waals surface area contributed by atoms with Crippen LogP contribution in [0.4, 0.5) is 0 Å². The minimum absolute atomic E-state index is 0.190. The molecule has 1 aliphatic rings. The number of amides is 1. The first kappa shape index (κ1) is 21.0. The van der Waals surface area contributed by atoms with Gasteiger partial charge in [-0.05, 0) is 67.5 Å². The molecule has 1 fully saturated rings. The van der Waals surface area contributed by atoms with Gasteiger partial charge in [-0.15, -0.1) is 0 Å². The van der Waals surface area contributed by atoms with E-state index in [2.05, 4.69) is 6.92 Å². The molecule has 0 bridgehead atoms. The van der Waals surface area contributed by atoms with Crippen LogP contribution in [0.15, 0.2) is 42.5 Å². The van der Waals surface area contributed by atoms with E-state index in [1.165, 1.54) is 12.8 Å². The van der Waals surface area contributed by atoms with E-state index in [1.54, 1.807) is 21.3 Å². The molecule has 29 heavy (non-hydrogen) atoms. The molecule has 0 aliphatic heterocycles. The van der Waals surface area contributed by atoms with E-state index < -0.39 is 0 Å². The molecule has 0 radical (unpaired) electrons. The van der Waals surface area contributed by atoms with Crippen LogP contribution in [0.2, 0.25) is 0 Å². The molecule has 3 rings (SSSR count). The molecule has 2 aromatic carbocycles. The van der Waals surface area contributed by atoms with Gasteiger partial charge in [0.25, 0.3) is 0 Å². The maximum Gasteiger partial charge on any atom is 0.223 e. The molecule has 0 saturated heterocycles. The van der Waals surface area contributed by atoms with Crippen molar-refractivity contribution in [3.63, 3.8) is 0 Å². The van der Waals surface area contributed by atoms with Crippen molar-refractivity contribution < 1.29 is 19.0 Å². The Morgan fingerprint density at radius 1 is 0.966 bits per heavy atom. The van der Waals surface area contributed by atoms with E-state index >= 15 is 0 Å². The predicted molar refractivity (Wildman–Crippen MR) is 114 cm³/mol. The van der Waals surface area contributed by atoms with Gasteiger partial charge >= 0.3 is 0 Å². The Labute approximate surface area is 173 Å². The summed E-state index contributed by atoms with van der Waals surface area (Å²) >= 11 is 0. The van der Waals surface area contributed by atoms with Crippen LogP contribution in [-0.4, -0.2) is 38.2 Å². The Bertz CT molecular complexity index is 814. The van der Waals surface area contributed by atoms with Gasteiger partial charge in [-0.2, -0.15) is 0 Å². The molecule has 1 aliphatic carbocycles. The third kappa shape index (κ3) is 5.43. The number of rotatable bonds is 10. The Balaban J connectivity index is 1.67. The van der Waals surface area contributed by atoms with Crippen LogP contribution in [0.5, 0.6) is 17.2 Å². The van der Waals surface area contributed by atoms with Crippen LogP contribution < -0.4 is 14.2 Å². The monoisotopic (exact) mass is 397 g/mol. The molecule has 0 spiro atoms. The lowest BCUT2D eigenvalue weighted by Crippen LogP contribution is -2.39. The second kappa shape index (κ2) is 9.68. The van der Waals surface area contributed by atoms with Gasteiger partial charge in [0.05, 0.1) is 21.3 Å². The van der Waals surface area contributed by atoms with Crippen LogP contribution in [0.25, 0.3) is 0 Å². The van der Waals surface area contributed by atoms with Crippen LogP contribution in [0.3, 0.4) is 0 Å². The summed E-state index contributed by atoms with van der Waals surface area (Å²) in [7, 11) is 4.91. The molecule has 156 valence electrons. The summed E-state index contributed by atoms with van der Waals surface area (Å²) in [4.78, 5) is 15.2. The van der Waals surface area contributed by atoms with Crippen molar-refractivity contribution in [3.05, 3.63) is 53.6 Å². The highest BCUT2D eigenvalue weighted by Crippen LogP contribution is 2.36. The fraction of sp³-hybridized carbons (Fsp3) is 0.458. The van der Waals surface area contributed by atoms with E-state index in [4.69, 9.17) is 14.2 Å². The highest BCUT2D eigenvalue weighted by molar-refractivity contribution is 5.77. The highest BCUT2D eigenvalue weighted by atomic mass is 16.5. The fourth-order valence-corrected chi connectivity index (χ4v) is 3.65. The number of ether oxygens (including phenoxy) is 3. The van der Waals surface area contributed by atoms with Gasteiger partial charge in [-0.25, -0.2) is 0 Å². The third-order valence-corrected chi connectivity index (χ3v) is 5.70. The molecule has 1 amide bonds. The molecular formula is C24H31NO4. The average molecular weight is 398 g/mol. The number of methoxy groups -OCH3 is 3. The second-order valence-electron chi connectivity index (χ2n) is 7.64. The fourth-order valence-electron chi connectivity index (χ4n) is 3.65. The van der Waals surface area contributed by atoms with Gasteiger partial charge in [0.15, 0.2) is 11.5 Å². The van der Waals surface area contributed by atoms with Gasteiger partial charge in [0, 0.05) is 19.0 Å². The van der Waals surface area contributed by atoms with Crippen LogP contribution in [0.1, 0.15) is 37.3 Å². The molecule has 1 unspecified atom stereocenters. The lowest BCUT2D eigenvalue weighted by molar-refractivity contribution is -0.134. The first-order valence-electron chi connectivity index (χ1n) is 10.2. The molecule has 2 aromatic rings. The maximum absolute atomic E-state index is 13.1. The number of carbonyl (C=O) groups is 1. The normalized spacial score (nSPS) is 14.2. The van der Waals surface area contributed by atoms with Crippen molar-refractivity contribution in [1.82, 2.24) is 4.90 Å². The number of benzene rings is 2. The summed E-state index contributed by atoms with van der Waals surface area (Å²) in [6.45, 7) is 2.81. The number of hydrogen-bond donors (Lipinski definition) is 0. The lowest BCUT2D eigenvalue weighted by atomic mass is 10.1. The number of hydrogen-bond acceptors (Lipinski definition) is 4. The van der Waals surface area contributed by atoms with E-state index in [1.807, 2.05) is 47.4 Å². The topological polar surface area (TPSA) is 48.0 Å². The van der Waals surface area contributed by atoms with Gasteiger partial charge in [0.2, 0.25) is 5.91 Å². The van der Waals surface area contributed by atoms with Crippen molar-refractivity contribution >= 4 is 5.91 Å². The maximum atomic E-state index is 13.1. The summed E-state index contributed by atoms with van der Waals surface area (Å²) in [5.74, 6) is 3.04. The van der Waals surface area contributed by atoms with Crippen LogP contribution in [0, 0.1) is 5.92 Å². The second-order valence-corrected chi connectivity index (χ2v) is 7.64. The summed E-state index contributed by atoms with van der Waals surface area (Å²) < 4.78 is 15.9. The Hall–Kier alpha value is -2.69. The number of nitrogens with zero attached hydrogens (tertiary/aromatic N) is 1. The Morgan fingerprint density at radius 3 is 2.21 bits per heavy atom. The minimum atomic E-state index is 0.190. The van der Waals surface area contributed by atoms with Crippen LogP contribution >= 0.6 is 0 Å². The standard InChI is InChI=1S/C24H31NO4/c1-17(20-9-10-20)25(16-19-5-11-21(27-2)12-6-19)24(26)14-8-18-7-13-22(28-3)23(15-18)29-4/h5-7,11-13,15,17,20H,8-10,14,16H2,1-4H3. The first-order chi connectivity index (χ1) is 14.0. The zero-order valence-electron chi connectivity index (χ0n) is 17.8.